The fraction of sp³-hybridized carbons (Fsp3) is 0.722. The molecule has 2 fully saturated rings. The van der Waals surface area contributed by atoms with Crippen LogP contribution >= 0.6 is 11.3 Å². The first kappa shape index (κ1) is 17.9. The molecule has 1 aromatic heterocycles. The van der Waals surface area contributed by atoms with E-state index in [2.05, 4.69) is 27.3 Å². The lowest BCUT2D eigenvalue weighted by molar-refractivity contribution is -0.130. The van der Waals surface area contributed by atoms with Gasteiger partial charge >= 0.3 is 0 Å². The molecular formula is C18H29N3O2S. The van der Waals surface area contributed by atoms with Crippen molar-refractivity contribution in [1.29, 1.82) is 0 Å². The van der Waals surface area contributed by atoms with E-state index in [4.69, 9.17) is 4.74 Å². The molecule has 2 aliphatic heterocycles. The highest BCUT2D eigenvalue weighted by Gasteiger charge is 2.38. The largest absolute Gasteiger partial charge is 0.379 e. The Balaban J connectivity index is 1.55. The van der Waals surface area contributed by atoms with Crippen molar-refractivity contribution in [3.8, 4) is 0 Å². The van der Waals surface area contributed by atoms with Gasteiger partial charge in [-0.1, -0.05) is 6.07 Å². The maximum Gasteiger partial charge on any atom is 0.236 e. The predicted molar refractivity (Wildman–Crippen MR) is 97.2 cm³/mol. The van der Waals surface area contributed by atoms with E-state index in [-0.39, 0.29) is 11.3 Å². The number of nitrogens with zero attached hydrogens (tertiary/aromatic N) is 3. The number of ether oxygens (including phenoxy) is 1. The highest BCUT2D eigenvalue weighted by Crippen LogP contribution is 2.35. The van der Waals surface area contributed by atoms with Crippen LogP contribution in [-0.4, -0.2) is 80.6 Å². The molecule has 0 atom stereocenters. The standard InChI is InChI=1S/C18H29N3O2S/c1-19(2)17(22)13-21-9-10-23-15-18(14-21)5-7-20(8-6-18)12-16-4-3-11-24-16/h3-4,11H,5-10,12-15H2,1-2H3. The van der Waals surface area contributed by atoms with E-state index in [1.165, 1.54) is 4.88 Å². The van der Waals surface area contributed by atoms with Crippen LogP contribution in [0.3, 0.4) is 0 Å². The summed E-state index contributed by atoms with van der Waals surface area (Å²) < 4.78 is 5.92. The van der Waals surface area contributed by atoms with Gasteiger partial charge in [0.2, 0.25) is 5.91 Å². The normalized spacial score (nSPS) is 22.4. The Bertz CT molecular complexity index is 524. The monoisotopic (exact) mass is 351 g/mol. The molecule has 0 saturated carbocycles. The number of likely N-dealkylation sites (tertiary alicyclic amines) is 1. The van der Waals surface area contributed by atoms with Gasteiger partial charge in [0.1, 0.15) is 0 Å². The quantitative estimate of drug-likeness (QED) is 0.828. The van der Waals surface area contributed by atoms with Crippen molar-refractivity contribution >= 4 is 17.2 Å². The zero-order valence-corrected chi connectivity index (χ0v) is 15.7. The maximum atomic E-state index is 12.1. The second-order valence-corrected chi connectivity index (χ2v) is 8.44. The number of carbonyl (C=O) groups is 1. The lowest BCUT2D eigenvalue weighted by Crippen LogP contribution is -2.48. The van der Waals surface area contributed by atoms with Crippen LogP contribution in [0.1, 0.15) is 17.7 Å². The van der Waals surface area contributed by atoms with Crippen LogP contribution in [0.15, 0.2) is 17.5 Å². The van der Waals surface area contributed by atoms with Crippen LogP contribution in [-0.2, 0) is 16.1 Å². The summed E-state index contributed by atoms with van der Waals surface area (Å²) in [6.07, 6.45) is 2.32. The Morgan fingerprint density at radius 1 is 1.29 bits per heavy atom. The van der Waals surface area contributed by atoms with Crippen molar-refractivity contribution < 1.29 is 9.53 Å². The van der Waals surface area contributed by atoms with E-state index in [9.17, 15) is 4.79 Å². The highest BCUT2D eigenvalue weighted by atomic mass is 32.1. The van der Waals surface area contributed by atoms with Gasteiger partial charge in [-0.15, -0.1) is 11.3 Å². The molecule has 24 heavy (non-hydrogen) atoms. The average Bonchev–Trinajstić information content (AvgIpc) is 2.99. The number of rotatable bonds is 4. The minimum atomic E-state index is 0.183. The average molecular weight is 352 g/mol. The number of amides is 1. The van der Waals surface area contributed by atoms with Crippen LogP contribution in [0.25, 0.3) is 0 Å². The summed E-state index contributed by atoms with van der Waals surface area (Å²) in [5.74, 6) is 0.183. The molecule has 0 aliphatic carbocycles. The SMILES string of the molecule is CN(C)C(=O)CN1CCOCC2(CCN(Cc3cccs3)CC2)C1. The lowest BCUT2D eigenvalue weighted by atomic mass is 9.78. The van der Waals surface area contributed by atoms with Crippen molar-refractivity contribution in [2.24, 2.45) is 5.41 Å². The Labute approximate surface area is 149 Å². The van der Waals surface area contributed by atoms with E-state index in [0.717, 1.165) is 58.8 Å². The van der Waals surface area contributed by atoms with E-state index in [1.54, 1.807) is 4.90 Å². The molecule has 0 aromatic carbocycles. The molecule has 0 unspecified atom stereocenters. The first-order valence-electron chi connectivity index (χ1n) is 8.81. The van der Waals surface area contributed by atoms with Crippen LogP contribution in [0.5, 0.6) is 0 Å². The number of likely N-dealkylation sites (N-methyl/N-ethyl adjacent to an activating group) is 1. The van der Waals surface area contributed by atoms with Crippen molar-refractivity contribution in [2.75, 3.05) is 60.0 Å². The van der Waals surface area contributed by atoms with Gasteiger partial charge in [-0.2, -0.15) is 0 Å². The third kappa shape index (κ3) is 4.57. The smallest absolute Gasteiger partial charge is 0.236 e. The van der Waals surface area contributed by atoms with Crippen LogP contribution in [0, 0.1) is 5.41 Å². The Kier molecular flexibility index (Phi) is 5.92. The molecule has 0 radical (unpaired) electrons. The molecule has 3 rings (SSSR count). The molecule has 1 amide bonds. The summed E-state index contributed by atoms with van der Waals surface area (Å²) in [6.45, 7) is 7.25. The number of carbonyl (C=O) groups excluding carboxylic acids is 1. The zero-order valence-electron chi connectivity index (χ0n) is 14.9. The van der Waals surface area contributed by atoms with E-state index in [0.29, 0.717) is 6.54 Å². The second kappa shape index (κ2) is 7.95. The molecule has 2 aliphatic rings. The summed E-state index contributed by atoms with van der Waals surface area (Å²) in [5, 5.41) is 2.15. The van der Waals surface area contributed by atoms with E-state index >= 15 is 0 Å². The zero-order chi connectivity index (χ0) is 17.0. The van der Waals surface area contributed by atoms with Gasteiger partial charge in [-0.3, -0.25) is 14.6 Å². The van der Waals surface area contributed by atoms with Gasteiger partial charge in [-0.25, -0.2) is 0 Å². The van der Waals surface area contributed by atoms with Crippen molar-refractivity contribution in [1.82, 2.24) is 14.7 Å². The Morgan fingerprint density at radius 3 is 2.75 bits per heavy atom. The minimum absolute atomic E-state index is 0.183. The summed E-state index contributed by atoms with van der Waals surface area (Å²) in [7, 11) is 3.66. The Hall–Kier alpha value is -0.950. The third-order valence-corrected chi connectivity index (χ3v) is 6.11. The van der Waals surface area contributed by atoms with Crippen LogP contribution in [0.4, 0.5) is 0 Å². The molecular weight excluding hydrogens is 322 g/mol. The lowest BCUT2D eigenvalue weighted by Gasteiger charge is -2.42. The summed E-state index contributed by atoms with van der Waals surface area (Å²) in [4.78, 5) is 20.0. The predicted octanol–water partition coefficient (Wildman–Crippen LogP) is 1.75. The van der Waals surface area contributed by atoms with Crippen LogP contribution < -0.4 is 0 Å². The molecule has 134 valence electrons. The number of hydrogen-bond acceptors (Lipinski definition) is 5. The molecule has 6 heteroatoms. The topological polar surface area (TPSA) is 36.0 Å². The first-order valence-corrected chi connectivity index (χ1v) is 9.69. The van der Waals surface area contributed by atoms with E-state index in [1.807, 2.05) is 25.4 Å². The number of piperidine rings is 1. The molecule has 0 N–H and O–H groups in total. The minimum Gasteiger partial charge on any atom is -0.379 e. The molecule has 5 nitrogen and oxygen atoms in total. The fourth-order valence-electron chi connectivity index (χ4n) is 3.66. The van der Waals surface area contributed by atoms with Gasteiger partial charge in [0.25, 0.3) is 0 Å². The van der Waals surface area contributed by atoms with Gasteiger partial charge in [0.05, 0.1) is 19.8 Å². The maximum absolute atomic E-state index is 12.1. The van der Waals surface area contributed by atoms with Crippen molar-refractivity contribution in [3.63, 3.8) is 0 Å². The first-order chi connectivity index (χ1) is 11.6. The number of hydrogen-bond donors (Lipinski definition) is 0. The molecule has 3 heterocycles. The second-order valence-electron chi connectivity index (χ2n) is 7.41. The molecule has 1 spiro atoms. The molecule has 1 aromatic rings. The van der Waals surface area contributed by atoms with Crippen molar-refractivity contribution in [2.45, 2.75) is 19.4 Å². The van der Waals surface area contributed by atoms with Crippen molar-refractivity contribution in [3.05, 3.63) is 22.4 Å². The highest BCUT2D eigenvalue weighted by molar-refractivity contribution is 7.09. The van der Waals surface area contributed by atoms with Gasteiger partial charge < -0.3 is 9.64 Å². The van der Waals surface area contributed by atoms with Gasteiger partial charge in [0, 0.05) is 44.0 Å². The molecule has 0 bridgehead atoms. The fourth-order valence-corrected chi connectivity index (χ4v) is 4.41. The molecule has 2 saturated heterocycles. The summed E-state index contributed by atoms with van der Waals surface area (Å²) >= 11 is 1.84. The van der Waals surface area contributed by atoms with Crippen LogP contribution in [0.2, 0.25) is 0 Å². The third-order valence-electron chi connectivity index (χ3n) is 5.25. The van der Waals surface area contributed by atoms with E-state index < -0.39 is 0 Å². The van der Waals surface area contributed by atoms with Gasteiger partial charge in [-0.05, 0) is 37.4 Å². The Morgan fingerprint density at radius 2 is 2.08 bits per heavy atom. The summed E-state index contributed by atoms with van der Waals surface area (Å²) in [6, 6.07) is 4.35. The summed E-state index contributed by atoms with van der Waals surface area (Å²) in [5.41, 5.74) is 0.217. The number of thiophene rings is 1. The van der Waals surface area contributed by atoms with Gasteiger partial charge in [0.15, 0.2) is 0 Å².